The maximum atomic E-state index is 13.0. The van der Waals surface area contributed by atoms with Crippen LogP contribution in [-0.2, 0) is 11.3 Å². The van der Waals surface area contributed by atoms with Gasteiger partial charge in [0.15, 0.2) is 0 Å². The van der Waals surface area contributed by atoms with Crippen molar-refractivity contribution in [3.05, 3.63) is 107 Å². The number of fused-ring (bicyclic) bond motifs is 1. The maximum absolute atomic E-state index is 13.0. The molecule has 0 fully saturated rings. The summed E-state index contributed by atoms with van der Waals surface area (Å²) in [6.07, 6.45) is 1.75. The van der Waals surface area contributed by atoms with E-state index in [0.29, 0.717) is 29.2 Å². The molecule has 5 heteroatoms. The fraction of sp³-hybridized carbons (Fsp3) is 0.111. The summed E-state index contributed by atoms with van der Waals surface area (Å²) >= 11 is 0. The van der Waals surface area contributed by atoms with Gasteiger partial charge >= 0.3 is 0 Å². The second-order valence-corrected chi connectivity index (χ2v) is 7.41. The fourth-order valence-electron chi connectivity index (χ4n) is 3.50. The van der Waals surface area contributed by atoms with E-state index in [1.807, 2.05) is 79.7 Å². The van der Waals surface area contributed by atoms with Gasteiger partial charge in [0.05, 0.1) is 7.11 Å². The van der Waals surface area contributed by atoms with Crippen LogP contribution in [0.25, 0.3) is 11.3 Å². The van der Waals surface area contributed by atoms with Crippen molar-refractivity contribution in [1.82, 2.24) is 5.32 Å². The quantitative estimate of drug-likeness (QED) is 0.462. The Bertz CT molecular complexity index is 1250. The smallest absolute Gasteiger partial charge is 0.262 e. The van der Waals surface area contributed by atoms with Crippen LogP contribution in [0.2, 0.25) is 0 Å². The maximum Gasteiger partial charge on any atom is 0.262 e. The van der Waals surface area contributed by atoms with Crippen LogP contribution in [0.5, 0.6) is 11.5 Å². The van der Waals surface area contributed by atoms with E-state index in [9.17, 15) is 10.1 Å². The molecule has 3 aromatic carbocycles. The van der Waals surface area contributed by atoms with Gasteiger partial charge < -0.3 is 14.8 Å². The lowest BCUT2D eigenvalue weighted by molar-refractivity contribution is -0.117. The number of benzene rings is 3. The van der Waals surface area contributed by atoms with Gasteiger partial charge in [-0.3, -0.25) is 4.79 Å². The molecule has 32 heavy (non-hydrogen) atoms. The minimum Gasteiger partial charge on any atom is -0.497 e. The summed E-state index contributed by atoms with van der Waals surface area (Å²) in [6, 6.07) is 24.8. The molecule has 1 amide bonds. The number of nitrogens with one attached hydrogen (secondary N) is 1. The lowest BCUT2D eigenvalue weighted by Crippen LogP contribution is -2.25. The molecule has 1 aliphatic rings. The van der Waals surface area contributed by atoms with Gasteiger partial charge in [0.1, 0.15) is 28.9 Å². The lowest BCUT2D eigenvalue weighted by Gasteiger charge is -2.22. The molecule has 1 aliphatic heterocycles. The first kappa shape index (κ1) is 21.0. The van der Waals surface area contributed by atoms with E-state index in [1.165, 1.54) is 0 Å². The SMILES string of the molecule is COc1ccc(C2=C/C(=C(/C#N)C(=O)NCc3ccccc3)c3cc(C)ccc3O2)cc1. The molecule has 3 aromatic rings. The molecule has 0 aliphatic carbocycles. The number of carbonyl (C=O) groups excluding carboxylic acids is 1. The first-order valence-corrected chi connectivity index (χ1v) is 10.2. The van der Waals surface area contributed by atoms with Crippen molar-refractivity contribution in [1.29, 1.82) is 5.26 Å². The Morgan fingerprint density at radius 2 is 1.81 bits per heavy atom. The highest BCUT2D eigenvalue weighted by molar-refractivity contribution is 6.09. The van der Waals surface area contributed by atoms with Crippen molar-refractivity contribution < 1.29 is 14.3 Å². The Morgan fingerprint density at radius 3 is 2.50 bits per heavy atom. The highest BCUT2D eigenvalue weighted by Crippen LogP contribution is 2.39. The molecular formula is C27H22N2O3. The zero-order chi connectivity index (χ0) is 22.5. The molecule has 0 aromatic heterocycles. The highest BCUT2D eigenvalue weighted by atomic mass is 16.5. The normalized spacial score (nSPS) is 13.7. The fourth-order valence-corrected chi connectivity index (χ4v) is 3.50. The third kappa shape index (κ3) is 4.40. The minimum absolute atomic E-state index is 0.0436. The predicted molar refractivity (Wildman–Crippen MR) is 124 cm³/mol. The third-order valence-electron chi connectivity index (χ3n) is 5.20. The number of amides is 1. The lowest BCUT2D eigenvalue weighted by atomic mass is 9.93. The number of nitrogens with zero attached hydrogens (tertiary/aromatic N) is 1. The molecule has 1 heterocycles. The number of hydrogen-bond acceptors (Lipinski definition) is 4. The van der Waals surface area contributed by atoms with Crippen molar-refractivity contribution in [3.63, 3.8) is 0 Å². The summed E-state index contributed by atoms with van der Waals surface area (Å²) in [5.74, 6) is 1.46. The van der Waals surface area contributed by atoms with Crippen LogP contribution in [-0.4, -0.2) is 13.0 Å². The first-order valence-electron chi connectivity index (χ1n) is 10.2. The largest absolute Gasteiger partial charge is 0.497 e. The number of methoxy groups -OCH3 is 1. The summed E-state index contributed by atoms with van der Waals surface area (Å²) in [5.41, 5.74) is 4.08. The topological polar surface area (TPSA) is 71.3 Å². The number of nitriles is 1. The van der Waals surface area contributed by atoms with Crippen LogP contribution >= 0.6 is 0 Å². The van der Waals surface area contributed by atoms with Gasteiger partial charge in [-0.05, 0) is 55.0 Å². The molecule has 4 rings (SSSR count). The van der Waals surface area contributed by atoms with E-state index >= 15 is 0 Å². The van der Waals surface area contributed by atoms with Crippen molar-refractivity contribution in [2.45, 2.75) is 13.5 Å². The van der Waals surface area contributed by atoms with Crippen LogP contribution in [0.4, 0.5) is 0 Å². The van der Waals surface area contributed by atoms with E-state index in [4.69, 9.17) is 9.47 Å². The minimum atomic E-state index is -0.425. The second-order valence-electron chi connectivity index (χ2n) is 7.41. The molecule has 0 atom stereocenters. The molecule has 0 spiro atoms. The third-order valence-corrected chi connectivity index (χ3v) is 5.20. The Labute approximate surface area is 187 Å². The first-order chi connectivity index (χ1) is 15.6. The summed E-state index contributed by atoms with van der Waals surface area (Å²) in [7, 11) is 1.61. The number of hydrogen-bond donors (Lipinski definition) is 1. The zero-order valence-electron chi connectivity index (χ0n) is 17.9. The van der Waals surface area contributed by atoms with Crippen LogP contribution in [0.15, 0.2) is 84.4 Å². The number of carbonyl (C=O) groups is 1. The van der Waals surface area contributed by atoms with Crippen molar-refractivity contribution in [3.8, 4) is 17.6 Å². The standard InChI is InChI=1S/C27H22N2O3/c1-18-8-13-25-23(14-18)22(15-26(32-25)20-9-11-21(31-2)12-10-20)24(16-28)27(30)29-17-19-6-4-3-5-7-19/h3-15H,17H2,1-2H3,(H,29,30)/b24-22+. The Balaban J connectivity index is 1.75. The number of ether oxygens (including phenoxy) is 2. The molecule has 0 bridgehead atoms. The van der Waals surface area contributed by atoms with E-state index in [2.05, 4.69) is 11.4 Å². The second kappa shape index (κ2) is 9.23. The van der Waals surface area contributed by atoms with Gasteiger partial charge in [-0.1, -0.05) is 42.0 Å². The molecule has 0 unspecified atom stereocenters. The average molecular weight is 422 g/mol. The summed E-state index contributed by atoms with van der Waals surface area (Å²) < 4.78 is 11.4. The summed E-state index contributed by atoms with van der Waals surface area (Å²) in [4.78, 5) is 13.0. The number of rotatable bonds is 5. The van der Waals surface area contributed by atoms with Crippen LogP contribution in [0, 0.1) is 18.3 Å². The summed E-state index contributed by atoms with van der Waals surface area (Å²) in [5, 5.41) is 12.8. The zero-order valence-corrected chi connectivity index (χ0v) is 17.9. The van der Waals surface area contributed by atoms with Crippen molar-refractivity contribution >= 4 is 17.2 Å². The van der Waals surface area contributed by atoms with Gasteiger partial charge in [-0.2, -0.15) is 5.26 Å². The van der Waals surface area contributed by atoms with Gasteiger partial charge in [-0.15, -0.1) is 0 Å². The van der Waals surface area contributed by atoms with Crippen LogP contribution in [0.3, 0.4) is 0 Å². The summed E-state index contributed by atoms with van der Waals surface area (Å²) in [6.45, 7) is 2.30. The molecular weight excluding hydrogens is 400 g/mol. The van der Waals surface area contributed by atoms with Crippen LogP contribution < -0.4 is 14.8 Å². The highest BCUT2D eigenvalue weighted by Gasteiger charge is 2.24. The van der Waals surface area contributed by atoms with Crippen molar-refractivity contribution in [2.24, 2.45) is 0 Å². The Kier molecular flexibility index (Phi) is 6.05. The molecule has 5 nitrogen and oxygen atoms in total. The van der Waals surface area contributed by atoms with Gasteiger partial charge in [0.25, 0.3) is 5.91 Å². The van der Waals surface area contributed by atoms with Gasteiger partial charge in [0.2, 0.25) is 0 Å². The van der Waals surface area contributed by atoms with E-state index in [0.717, 1.165) is 22.4 Å². The Morgan fingerprint density at radius 1 is 1.06 bits per heavy atom. The van der Waals surface area contributed by atoms with Gasteiger partial charge in [-0.25, -0.2) is 0 Å². The molecule has 0 saturated heterocycles. The van der Waals surface area contributed by atoms with E-state index in [1.54, 1.807) is 13.2 Å². The monoisotopic (exact) mass is 422 g/mol. The van der Waals surface area contributed by atoms with Gasteiger partial charge in [0, 0.05) is 23.2 Å². The molecule has 0 saturated carbocycles. The molecule has 158 valence electrons. The Hall–Kier alpha value is -4.30. The predicted octanol–water partition coefficient (Wildman–Crippen LogP) is 5.03. The molecule has 0 radical (unpaired) electrons. The number of aryl methyl sites for hydroxylation is 1. The van der Waals surface area contributed by atoms with E-state index < -0.39 is 5.91 Å². The molecule has 1 N–H and O–H groups in total. The number of allylic oxidation sites excluding steroid dienone is 2. The average Bonchev–Trinajstić information content (AvgIpc) is 2.84. The van der Waals surface area contributed by atoms with Crippen molar-refractivity contribution in [2.75, 3.05) is 7.11 Å². The van der Waals surface area contributed by atoms with Crippen LogP contribution in [0.1, 0.15) is 22.3 Å². The van der Waals surface area contributed by atoms with E-state index in [-0.39, 0.29) is 5.57 Å².